The smallest absolute Gasteiger partial charge is 0.175 e. The van der Waals surface area contributed by atoms with Crippen molar-refractivity contribution < 1.29 is 8.42 Å². The Hall–Kier alpha value is -1.62. The average Bonchev–Trinajstić information content (AvgIpc) is 2.35. The van der Waals surface area contributed by atoms with Crippen molar-refractivity contribution >= 4 is 26.6 Å². The van der Waals surface area contributed by atoms with E-state index in [-0.39, 0.29) is 0 Å². The molecule has 0 fully saturated rings. The second kappa shape index (κ2) is 4.57. The minimum absolute atomic E-state index is 0.330. The SMILES string of the molecule is CCc1cc2cc(S(C)(=O)=O)ccc2nc1NC. The number of rotatable bonds is 3. The Bertz CT molecular complexity index is 693. The van der Waals surface area contributed by atoms with Gasteiger partial charge in [0.05, 0.1) is 10.4 Å². The summed E-state index contributed by atoms with van der Waals surface area (Å²) in [6, 6.07) is 7.00. The van der Waals surface area contributed by atoms with E-state index in [0.29, 0.717) is 4.90 Å². The maximum Gasteiger partial charge on any atom is 0.175 e. The van der Waals surface area contributed by atoms with Crippen LogP contribution in [0.3, 0.4) is 0 Å². The lowest BCUT2D eigenvalue weighted by Gasteiger charge is -2.09. The summed E-state index contributed by atoms with van der Waals surface area (Å²) in [5.74, 6) is 0.845. The van der Waals surface area contributed by atoms with Gasteiger partial charge in [-0.05, 0) is 36.2 Å². The predicted molar refractivity (Wildman–Crippen MR) is 73.8 cm³/mol. The lowest BCUT2D eigenvalue weighted by Crippen LogP contribution is -2.00. The minimum Gasteiger partial charge on any atom is -0.373 e. The molecule has 1 heterocycles. The Morgan fingerprint density at radius 1 is 1.28 bits per heavy atom. The first-order chi connectivity index (χ1) is 8.45. The number of hydrogen-bond acceptors (Lipinski definition) is 4. The second-order valence-corrected chi connectivity index (χ2v) is 6.24. The summed E-state index contributed by atoms with van der Waals surface area (Å²) in [4.78, 5) is 4.81. The molecule has 0 aliphatic heterocycles. The highest BCUT2D eigenvalue weighted by molar-refractivity contribution is 7.90. The number of anilines is 1. The average molecular weight is 264 g/mol. The number of aryl methyl sites for hydroxylation is 1. The molecule has 0 saturated heterocycles. The topological polar surface area (TPSA) is 59.1 Å². The highest BCUT2D eigenvalue weighted by Gasteiger charge is 2.10. The summed E-state index contributed by atoms with van der Waals surface area (Å²) in [5.41, 5.74) is 1.87. The summed E-state index contributed by atoms with van der Waals surface area (Å²) in [6.45, 7) is 2.05. The van der Waals surface area contributed by atoms with Crippen LogP contribution >= 0.6 is 0 Å². The zero-order valence-corrected chi connectivity index (χ0v) is 11.5. The molecule has 0 aliphatic carbocycles. The number of nitrogens with zero attached hydrogens (tertiary/aromatic N) is 1. The molecule has 4 nitrogen and oxygen atoms in total. The molecule has 1 N–H and O–H groups in total. The third kappa shape index (κ3) is 2.31. The van der Waals surface area contributed by atoms with Gasteiger partial charge >= 0.3 is 0 Å². The van der Waals surface area contributed by atoms with E-state index in [0.717, 1.165) is 28.7 Å². The molecular formula is C13H16N2O2S. The molecule has 0 radical (unpaired) electrons. The van der Waals surface area contributed by atoms with Gasteiger partial charge in [0, 0.05) is 18.7 Å². The maximum absolute atomic E-state index is 11.5. The normalized spacial score (nSPS) is 11.7. The van der Waals surface area contributed by atoms with Gasteiger partial charge in [-0.3, -0.25) is 0 Å². The fourth-order valence-electron chi connectivity index (χ4n) is 1.91. The Morgan fingerprint density at radius 3 is 2.56 bits per heavy atom. The van der Waals surface area contributed by atoms with E-state index >= 15 is 0 Å². The molecular weight excluding hydrogens is 248 g/mol. The monoisotopic (exact) mass is 264 g/mol. The lowest BCUT2D eigenvalue weighted by atomic mass is 10.1. The highest BCUT2D eigenvalue weighted by atomic mass is 32.2. The number of pyridine rings is 1. The quantitative estimate of drug-likeness (QED) is 0.923. The van der Waals surface area contributed by atoms with Crippen molar-refractivity contribution in [1.29, 1.82) is 0 Å². The molecule has 18 heavy (non-hydrogen) atoms. The third-order valence-corrected chi connectivity index (χ3v) is 4.02. The molecule has 0 amide bonds. The van der Waals surface area contributed by atoms with Gasteiger partial charge in [0.15, 0.2) is 9.84 Å². The summed E-state index contributed by atoms with van der Waals surface area (Å²) in [7, 11) is -1.34. The van der Waals surface area contributed by atoms with Gasteiger partial charge in [0.2, 0.25) is 0 Å². The first-order valence-electron chi connectivity index (χ1n) is 5.77. The van der Waals surface area contributed by atoms with Gasteiger partial charge in [-0.1, -0.05) is 6.92 Å². The fourth-order valence-corrected chi connectivity index (χ4v) is 2.57. The number of fused-ring (bicyclic) bond motifs is 1. The molecule has 0 unspecified atom stereocenters. The van der Waals surface area contributed by atoms with Crippen LogP contribution in [0.25, 0.3) is 10.9 Å². The first kappa shape index (κ1) is 12.8. The van der Waals surface area contributed by atoms with Crippen LogP contribution in [0, 0.1) is 0 Å². The van der Waals surface area contributed by atoms with E-state index in [1.165, 1.54) is 6.26 Å². The van der Waals surface area contributed by atoms with Crippen molar-refractivity contribution in [2.45, 2.75) is 18.2 Å². The van der Waals surface area contributed by atoms with Crippen LogP contribution in [0.5, 0.6) is 0 Å². The van der Waals surface area contributed by atoms with Crippen LogP contribution in [0.4, 0.5) is 5.82 Å². The number of sulfone groups is 1. The van der Waals surface area contributed by atoms with E-state index in [1.807, 2.05) is 20.0 Å². The number of hydrogen-bond donors (Lipinski definition) is 1. The summed E-state index contributed by atoms with van der Waals surface area (Å²) >= 11 is 0. The van der Waals surface area contributed by atoms with Crippen molar-refractivity contribution in [1.82, 2.24) is 4.98 Å². The van der Waals surface area contributed by atoms with Gasteiger partial charge < -0.3 is 5.32 Å². The van der Waals surface area contributed by atoms with Crippen molar-refractivity contribution in [2.75, 3.05) is 18.6 Å². The molecule has 2 aromatic rings. The molecule has 0 atom stereocenters. The Morgan fingerprint density at radius 2 is 2.00 bits per heavy atom. The number of aromatic nitrogens is 1. The molecule has 0 spiro atoms. The summed E-state index contributed by atoms with van der Waals surface area (Å²) < 4.78 is 23.0. The standard InChI is InChI=1S/C13H16N2O2S/c1-4-9-7-10-8-11(18(3,16)17)5-6-12(10)15-13(9)14-2/h5-8H,4H2,1-3H3,(H,14,15). The number of benzene rings is 1. The van der Waals surface area contributed by atoms with Gasteiger partial charge in [0.1, 0.15) is 5.82 Å². The van der Waals surface area contributed by atoms with Gasteiger partial charge in [-0.15, -0.1) is 0 Å². The molecule has 0 bridgehead atoms. The van der Waals surface area contributed by atoms with Gasteiger partial charge in [-0.25, -0.2) is 13.4 Å². The Kier molecular flexibility index (Phi) is 3.26. The molecule has 0 saturated carbocycles. The third-order valence-electron chi connectivity index (χ3n) is 2.91. The predicted octanol–water partition coefficient (Wildman–Crippen LogP) is 2.24. The zero-order valence-electron chi connectivity index (χ0n) is 10.7. The number of nitrogens with one attached hydrogen (secondary N) is 1. The first-order valence-corrected chi connectivity index (χ1v) is 7.66. The summed E-state index contributed by atoms with van der Waals surface area (Å²) in [5, 5.41) is 3.91. The van der Waals surface area contributed by atoms with Crippen LogP contribution in [0.15, 0.2) is 29.2 Å². The van der Waals surface area contributed by atoms with Crippen LogP contribution in [0.2, 0.25) is 0 Å². The van der Waals surface area contributed by atoms with Crippen LogP contribution in [0.1, 0.15) is 12.5 Å². The van der Waals surface area contributed by atoms with Crippen molar-refractivity contribution in [2.24, 2.45) is 0 Å². The molecule has 1 aromatic carbocycles. The second-order valence-electron chi connectivity index (χ2n) is 4.23. The van der Waals surface area contributed by atoms with Gasteiger partial charge in [-0.2, -0.15) is 0 Å². The van der Waals surface area contributed by atoms with E-state index < -0.39 is 9.84 Å². The van der Waals surface area contributed by atoms with E-state index in [4.69, 9.17) is 0 Å². The Balaban J connectivity index is 2.71. The molecule has 0 aliphatic rings. The van der Waals surface area contributed by atoms with Crippen molar-refractivity contribution in [3.8, 4) is 0 Å². The van der Waals surface area contributed by atoms with Crippen molar-refractivity contribution in [3.05, 3.63) is 29.8 Å². The largest absolute Gasteiger partial charge is 0.373 e. The van der Waals surface area contributed by atoms with E-state index in [1.54, 1.807) is 18.2 Å². The molecule has 1 aromatic heterocycles. The molecule has 96 valence electrons. The molecule has 2 rings (SSSR count). The minimum atomic E-state index is -3.17. The van der Waals surface area contributed by atoms with Gasteiger partial charge in [0.25, 0.3) is 0 Å². The maximum atomic E-state index is 11.5. The Labute approximate surface area is 107 Å². The molecule has 5 heteroatoms. The lowest BCUT2D eigenvalue weighted by molar-refractivity contribution is 0.602. The fraction of sp³-hybridized carbons (Fsp3) is 0.308. The van der Waals surface area contributed by atoms with Crippen LogP contribution < -0.4 is 5.32 Å². The van der Waals surface area contributed by atoms with Crippen LogP contribution in [-0.2, 0) is 16.3 Å². The van der Waals surface area contributed by atoms with Crippen LogP contribution in [-0.4, -0.2) is 26.7 Å². The van der Waals surface area contributed by atoms with Crippen molar-refractivity contribution in [3.63, 3.8) is 0 Å². The highest BCUT2D eigenvalue weighted by Crippen LogP contribution is 2.23. The zero-order chi connectivity index (χ0) is 13.3. The summed E-state index contributed by atoms with van der Waals surface area (Å²) in [6.07, 6.45) is 2.06. The van der Waals surface area contributed by atoms with E-state index in [9.17, 15) is 8.42 Å². The van der Waals surface area contributed by atoms with E-state index in [2.05, 4.69) is 10.3 Å².